The molecule has 1 aliphatic heterocycles. The van der Waals surface area contributed by atoms with Gasteiger partial charge in [-0.05, 0) is 30.2 Å². The van der Waals surface area contributed by atoms with Crippen LogP contribution in [-0.4, -0.2) is 20.5 Å². The molecule has 2 aromatic rings. The molecule has 4 rings (SSSR count). The summed E-state index contributed by atoms with van der Waals surface area (Å²) in [5.74, 6) is 3.57. The maximum absolute atomic E-state index is 12.0. The third-order valence-corrected chi connectivity index (χ3v) is 5.76. The Hall–Kier alpha value is -1.97. The van der Waals surface area contributed by atoms with Gasteiger partial charge in [0.1, 0.15) is 5.82 Å². The molecule has 0 spiro atoms. The lowest BCUT2D eigenvalue weighted by Crippen LogP contribution is -2.12. The van der Waals surface area contributed by atoms with Crippen molar-refractivity contribution in [1.29, 1.82) is 0 Å². The predicted octanol–water partition coefficient (Wildman–Crippen LogP) is 5.41. The number of nitrogens with zero attached hydrogens (tertiary/aromatic N) is 3. The van der Waals surface area contributed by atoms with Gasteiger partial charge in [0.2, 0.25) is 11.6 Å². The van der Waals surface area contributed by atoms with Crippen molar-refractivity contribution in [2.24, 2.45) is 11.8 Å². The number of carbonyl (C=O) groups is 1. The van der Waals surface area contributed by atoms with E-state index in [4.69, 9.17) is 0 Å². The van der Waals surface area contributed by atoms with Crippen LogP contribution in [-0.2, 0) is 0 Å². The van der Waals surface area contributed by atoms with Crippen LogP contribution in [0.2, 0.25) is 0 Å². The number of aromatic nitrogens is 3. The number of rotatable bonds is 6. The van der Waals surface area contributed by atoms with Crippen LogP contribution in [0.1, 0.15) is 93.8 Å². The quantitative estimate of drug-likeness (QED) is 0.652. The minimum absolute atomic E-state index is 0.0680. The summed E-state index contributed by atoms with van der Waals surface area (Å²) < 4.78 is 2.00. The molecule has 1 aromatic heterocycles. The van der Waals surface area contributed by atoms with Gasteiger partial charge in [0.25, 0.3) is 0 Å². The summed E-state index contributed by atoms with van der Waals surface area (Å²) in [4.78, 5) is 16.5. The van der Waals surface area contributed by atoms with Crippen LogP contribution in [0.25, 0.3) is 0 Å². The van der Waals surface area contributed by atoms with E-state index in [0.717, 1.165) is 18.2 Å². The highest BCUT2D eigenvalue weighted by molar-refractivity contribution is 5.92. The Morgan fingerprint density at radius 3 is 2.46 bits per heavy atom. The molecule has 0 radical (unpaired) electrons. The van der Waals surface area contributed by atoms with Crippen molar-refractivity contribution in [2.45, 2.75) is 71.8 Å². The zero-order valence-electron chi connectivity index (χ0n) is 16.5. The monoisotopic (exact) mass is 353 g/mol. The molecule has 4 heteroatoms. The summed E-state index contributed by atoms with van der Waals surface area (Å²) in [6.07, 6.45) is 5.22. The number of ketones is 1. The summed E-state index contributed by atoms with van der Waals surface area (Å²) in [5, 5.41) is 4.50. The fourth-order valence-corrected chi connectivity index (χ4v) is 3.62. The smallest absolute Gasteiger partial charge is 0.217 e. The molecule has 0 amide bonds. The van der Waals surface area contributed by atoms with Gasteiger partial charge in [-0.3, -0.25) is 4.79 Å². The van der Waals surface area contributed by atoms with Gasteiger partial charge in [0, 0.05) is 12.3 Å². The van der Waals surface area contributed by atoms with E-state index in [2.05, 4.69) is 55.1 Å². The van der Waals surface area contributed by atoms with E-state index in [1.54, 1.807) is 0 Å². The van der Waals surface area contributed by atoms with Gasteiger partial charge in [-0.2, -0.15) is 0 Å². The molecule has 4 nitrogen and oxygen atoms in total. The molecule has 2 heterocycles. The van der Waals surface area contributed by atoms with Gasteiger partial charge in [-0.15, -0.1) is 5.10 Å². The Balaban J connectivity index is 0.000000286. The molecule has 2 aliphatic rings. The maximum Gasteiger partial charge on any atom is 0.217 e. The van der Waals surface area contributed by atoms with Gasteiger partial charge >= 0.3 is 0 Å². The first-order valence-corrected chi connectivity index (χ1v) is 10.1. The van der Waals surface area contributed by atoms with E-state index < -0.39 is 0 Å². The van der Waals surface area contributed by atoms with Crippen molar-refractivity contribution < 1.29 is 4.79 Å². The summed E-state index contributed by atoms with van der Waals surface area (Å²) in [5.41, 5.74) is 1.28. The average molecular weight is 354 g/mol. The first-order valence-electron chi connectivity index (χ1n) is 10.1. The van der Waals surface area contributed by atoms with Crippen molar-refractivity contribution in [3.05, 3.63) is 47.5 Å². The number of hydrogen-bond acceptors (Lipinski definition) is 3. The lowest BCUT2D eigenvalue weighted by molar-refractivity contribution is 0.0971. The molecule has 3 unspecified atom stereocenters. The lowest BCUT2D eigenvalue weighted by Gasteiger charge is -2.14. The van der Waals surface area contributed by atoms with Crippen molar-refractivity contribution in [2.75, 3.05) is 0 Å². The Morgan fingerprint density at radius 2 is 1.88 bits per heavy atom. The highest BCUT2D eigenvalue weighted by Crippen LogP contribution is 2.60. The van der Waals surface area contributed by atoms with Crippen LogP contribution in [0.4, 0.5) is 0 Å². The van der Waals surface area contributed by atoms with E-state index >= 15 is 0 Å². The molecule has 1 fully saturated rings. The van der Waals surface area contributed by atoms with Crippen LogP contribution in [0, 0.1) is 11.8 Å². The average Bonchev–Trinajstić information content (AvgIpc) is 3.21. The molecule has 1 aliphatic carbocycles. The van der Waals surface area contributed by atoms with Crippen LogP contribution in [0.15, 0.2) is 30.3 Å². The van der Waals surface area contributed by atoms with E-state index in [0.29, 0.717) is 24.1 Å². The van der Waals surface area contributed by atoms with Gasteiger partial charge in [-0.1, -0.05) is 70.9 Å². The highest BCUT2D eigenvalue weighted by Gasteiger charge is 2.55. The van der Waals surface area contributed by atoms with Crippen LogP contribution >= 0.6 is 0 Å². The summed E-state index contributed by atoms with van der Waals surface area (Å²) in [7, 11) is 0. The molecule has 3 atom stereocenters. The zero-order valence-corrected chi connectivity index (χ0v) is 16.5. The summed E-state index contributed by atoms with van der Waals surface area (Å²) in [6.45, 7) is 8.74. The maximum atomic E-state index is 12.0. The molecule has 1 saturated carbocycles. The first-order chi connectivity index (χ1) is 12.6. The standard InChI is InChI=1S/C16H17N3O.C6H14/c1-2-6-13(20)15-17-16-12-9-11(12)14(19(16)18-15)10-7-4-3-5-8-10;1-4-6(3)5-2/h3-5,7-8,11-12,14H,2,6,9H2,1H3;6H,4-5H2,1-3H3. The normalized spacial score (nSPS) is 22.4. The molecule has 0 bridgehead atoms. The zero-order chi connectivity index (χ0) is 18.7. The Kier molecular flexibility index (Phi) is 5.90. The van der Waals surface area contributed by atoms with Gasteiger partial charge in [0.05, 0.1) is 6.04 Å². The molecule has 26 heavy (non-hydrogen) atoms. The molecule has 140 valence electrons. The SMILES string of the molecule is CCC(C)CC.CCCC(=O)c1nc2n(n1)C(c1ccccc1)C1CC21. The van der Waals surface area contributed by atoms with E-state index in [1.165, 1.54) is 24.8 Å². The van der Waals surface area contributed by atoms with Gasteiger partial charge in [-0.25, -0.2) is 9.67 Å². The van der Waals surface area contributed by atoms with Crippen LogP contribution in [0.5, 0.6) is 0 Å². The molecule has 0 saturated heterocycles. The Labute approximate surface area is 157 Å². The van der Waals surface area contributed by atoms with Crippen molar-refractivity contribution in [1.82, 2.24) is 14.8 Å². The minimum Gasteiger partial charge on any atom is -0.291 e. The van der Waals surface area contributed by atoms with Crippen molar-refractivity contribution in [3.63, 3.8) is 0 Å². The topological polar surface area (TPSA) is 47.8 Å². The summed E-state index contributed by atoms with van der Waals surface area (Å²) in [6, 6.07) is 10.7. The van der Waals surface area contributed by atoms with Crippen molar-refractivity contribution >= 4 is 5.78 Å². The second kappa shape index (κ2) is 8.15. The number of fused-ring (bicyclic) bond motifs is 3. The predicted molar refractivity (Wildman–Crippen MR) is 104 cm³/mol. The van der Waals surface area contributed by atoms with E-state index in [9.17, 15) is 4.79 Å². The highest BCUT2D eigenvalue weighted by atomic mass is 16.1. The van der Waals surface area contributed by atoms with Gasteiger partial charge < -0.3 is 0 Å². The molecule has 0 N–H and O–H groups in total. The second-order valence-electron chi connectivity index (χ2n) is 7.69. The summed E-state index contributed by atoms with van der Waals surface area (Å²) >= 11 is 0. The van der Waals surface area contributed by atoms with Crippen molar-refractivity contribution in [3.8, 4) is 0 Å². The van der Waals surface area contributed by atoms with Crippen LogP contribution in [0.3, 0.4) is 0 Å². The number of carbonyl (C=O) groups excluding carboxylic acids is 1. The molecular weight excluding hydrogens is 322 g/mol. The fraction of sp³-hybridized carbons (Fsp3) is 0.591. The number of Topliss-reactive ketones (excluding diaryl/α,β-unsaturated/α-hetero) is 1. The minimum atomic E-state index is 0.0680. The Bertz CT molecular complexity index is 733. The first kappa shape index (κ1) is 18.8. The third-order valence-electron chi connectivity index (χ3n) is 5.76. The number of benzene rings is 1. The molecular formula is C22H31N3O. The fourth-order valence-electron chi connectivity index (χ4n) is 3.62. The molecule has 1 aromatic carbocycles. The second-order valence-corrected chi connectivity index (χ2v) is 7.69. The van der Waals surface area contributed by atoms with E-state index in [-0.39, 0.29) is 11.8 Å². The van der Waals surface area contributed by atoms with Gasteiger partial charge in [0.15, 0.2) is 0 Å². The largest absolute Gasteiger partial charge is 0.291 e. The number of hydrogen-bond donors (Lipinski definition) is 0. The van der Waals surface area contributed by atoms with Crippen LogP contribution < -0.4 is 0 Å². The van der Waals surface area contributed by atoms with E-state index in [1.807, 2.05) is 17.7 Å². The Morgan fingerprint density at radius 1 is 1.19 bits per heavy atom. The lowest BCUT2D eigenvalue weighted by atomic mass is 10.0. The third kappa shape index (κ3) is 3.74.